The number of ether oxygens (including phenoxy) is 4. The molecule has 24 heteroatoms. The van der Waals surface area contributed by atoms with Crippen molar-refractivity contribution in [3.8, 4) is 0 Å². The Kier molecular flexibility index (Phi) is 11.2. The van der Waals surface area contributed by atoms with Crippen LogP contribution in [0, 0.1) is 0 Å². The van der Waals surface area contributed by atoms with E-state index >= 15 is 0 Å². The lowest BCUT2D eigenvalue weighted by atomic mass is 10.1. The van der Waals surface area contributed by atoms with E-state index in [1.807, 2.05) is 0 Å². The number of hydrogen-bond acceptors (Lipinski definition) is 4. The van der Waals surface area contributed by atoms with E-state index in [0.717, 1.165) is 0 Å². The molecule has 4 nitrogen and oxygen atoms in total. The monoisotopic (exact) mass is 662 g/mol. The topological polar surface area (TPSA) is 36.9 Å². The van der Waals surface area contributed by atoms with Crippen molar-refractivity contribution in [2.24, 2.45) is 0 Å². The number of alkyl halides is 20. The molecule has 41 heavy (non-hydrogen) atoms. The standard InChI is InChI=1S/C17H14F20O4/c18-7(19)11(26,27)1-38-5-6(39-2-12(28,29)8(20)21)16(17(36,37)15(5,34)35,40-3-13(30,31)9(22)23)41-4-14(32,33)10(24)25/h5-10H,1-4H2/t5-,6+/m1/s1. The van der Waals surface area contributed by atoms with E-state index in [1.165, 1.54) is 0 Å². The fourth-order valence-corrected chi connectivity index (χ4v) is 2.82. The van der Waals surface area contributed by atoms with Gasteiger partial charge in [-0.15, -0.1) is 0 Å². The van der Waals surface area contributed by atoms with Crippen LogP contribution < -0.4 is 0 Å². The first-order chi connectivity index (χ1) is 18.1. The van der Waals surface area contributed by atoms with Gasteiger partial charge in [-0.05, 0) is 0 Å². The van der Waals surface area contributed by atoms with Crippen LogP contribution in [0.25, 0.3) is 0 Å². The first-order valence-corrected chi connectivity index (χ1v) is 10.0. The second kappa shape index (κ2) is 12.2. The van der Waals surface area contributed by atoms with Gasteiger partial charge in [0.25, 0.3) is 5.79 Å². The number of halogens is 20. The highest BCUT2D eigenvalue weighted by molar-refractivity contribution is 5.18. The molecule has 1 aliphatic rings. The minimum absolute atomic E-state index is 3.11. The van der Waals surface area contributed by atoms with Gasteiger partial charge in [0.2, 0.25) is 0 Å². The molecule has 0 unspecified atom stereocenters. The lowest BCUT2D eigenvalue weighted by Crippen LogP contribution is -2.62. The van der Waals surface area contributed by atoms with Crippen molar-refractivity contribution in [2.45, 2.75) is 79.2 Å². The summed E-state index contributed by atoms with van der Waals surface area (Å²) in [6.07, 6.45) is -28.7. The Labute approximate surface area is 213 Å². The van der Waals surface area contributed by atoms with E-state index in [2.05, 4.69) is 18.9 Å². The van der Waals surface area contributed by atoms with Crippen molar-refractivity contribution >= 4 is 0 Å². The SMILES string of the molecule is FC(F)C(F)(F)CO[C@@H]1[C@H](OCC(F)(F)C(F)F)C(OCC(F)(F)C(F)F)(OCC(F)(F)C(F)F)C(F)(F)C1(F)F. The van der Waals surface area contributed by atoms with Crippen LogP contribution in [0.3, 0.4) is 0 Å². The molecule has 0 spiro atoms. The summed E-state index contributed by atoms with van der Waals surface area (Å²) in [5, 5.41) is 0. The van der Waals surface area contributed by atoms with Crippen molar-refractivity contribution in [3.63, 3.8) is 0 Å². The maximum Gasteiger partial charge on any atom is 0.368 e. The largest absolute Gasteiger partial charge is 0.368 e. The Balaban J connectivity index is 3.85. The molecule has 0 N–H and O–H groups in total. The first-order valence-electron chi connectivity index (χ1n) is 10.0. The molecule has 1 rings (SSSR count). The maximum atomic E-state index is 15.0. The summed E-state index contributed by atoms with van der Waals surface area (Å²) in [5.41, 5.74) is 0. The smallest absolute Gasteiger partial charge is 0.363 e. The molecule has 0 aliphatic heterocycles. The van der Waals surface area contributed by atoms with Gasteiger partial charge in [-0.1, -0.05) is 0 Å². The molecule has 246 valence electrons. The highest BCUT2D eigenvalue weighted by atomic mass is 19.3. The second-order valence-corrected chi connectivity index (χ2v) is 8.15. The van der Waals surface area contributed by atoms with E-state index in [-0.39, 0.29) is 0 Å². The van der Waals surface area contributed by atoms with Gasteiger partial charge < -0.3 is 18.9 Å². The van der Waals surface area contributed by atoms with Gasteiger partial charge in [0.05, 0.1) is 0 Å². The summed E-state index contributed by atoms with van der Waals surface area (Å²) >= 11 is 0. The van der Waals surface area contributed by atoms with Crippen molar-refractivity contribution in [3.05, 3.63) is 0 Å². The van der Waals surface area contributed by atoms with E-state index in [4.69, 9.17) is 0 Å². The van der Waals surface area contributed by atoms with E-state index in [9.17, 15) is 87.8 Å². The maximum absolute atomic E-state index is 15.0. The molecule has 0 amide bonds. The predicted octanol–water partition coefficient (Wildman–Crippen LogP) is 6.37. The van der Waals surface area contributed by atoms with Crippen LogP contribution in [0.1, 0.15) is 0 Å². The molecule has 1 saturated carbocycles. The fraction of sp³-hybridized carbons (Fsp3) is 1.00. The Bertz CT molecular complexity index is 826. The Morgan fingerprint density at radius 2 is 0.732 bits per heavy atom. The first kappa shape index (κ1) is 37.5. The lowest BCUT2D eigenvalue weighted by Gasteiger charge is -2.40. The van der Waals surface area contributed by atoms with Crippen molar-refractivity contribution in [1.82, 2.24) is 0 Å². The summed E-state index contributed by atoms with van der Waals surface area (Å²) < 4.78 is 280. The zero-order valence-corrected chi connectivity index (χ0v) is 19.0. The third-order valence-corrected chi connectivity index (χ3v) is 5.01. The second-order valence-electron chi connectivity index (χ2n) is 8.15. The molecule has 0 aromatic heterocycles. The predicted molar refractivity (Wildman–Crippen MR) is 87.8 cm³/mol. The molecular formula is C17H14F20O4. The van der Waals surface area contributed by atoms with Crippen LogP contribution >= 0.6 is 0 Å². The Morgan fingerprint density at radius 3 is 1.02 bits per heavy atom. The van der Waals surface area contributed by atoms with Crippen LogP contribution in [0.15, 0.2) is 0 Å². The molecule has 0 bridgehead atoms. The summed E-state index contributed by atoms with van der Waals surface area (Å²) in [4.78, 5) is 0. The van der Waals surface area contributed by atoms with Gasteiger partial charge in [0.15, 0.2) is 12.2 Å². The van der Waals surface area contributed by atoms with E-state index < -0.39 is 106 Å². The molecule has 1 fully saturated rings. The molecular weight excluding hydrogens is 648 g/mol. The summed E-state index contributed by atoms with van der Waals surface area (Å²) in [7, 11) is 0. The number of rotatable bonds is 16. The Morgan fingerprint density at radius 1 is 0.463 bits per heavy atom. The van der Waals surface area contributed by atoms with Crippen molar-refractivity contribution in [2.75, 3.05) is 26.4 Å². The third kappa shape index (κ3) is 7.51. The van der Waals surface area contributed by atoms with Crippen molar-refractivity contribution in [1.29, 1.82) is 0 Å². The molecule has 2 atom stereocenters. The minimum Gasteiger partial charge on any atom is -0.363 e. The van der Waals surface area contributed by atoms with Crippen LogP contribution in [0.4, 0.5) is 87.8 Å². The average Bonchev–Trinajstić information content (AvgIpc) is 2.92. The number of hydrogen-bond donors (Lipinski definition) is 0. The molecule has 0 heterocycles. The molecule has 0 radical (unpaired) electrons. The van der Waals surface area contributed by atoms with Gasteiger partial charge in [-0.2, -0.15) is 52.7 Å². The minimum atomic E-state index is -6.76. The average molecular weight is 662 g/mol. The highest BCUT2D eigenvalue weighted by Gasteiger charge is 2.87. The fourth-order valence-electron chi connectivity index (χ4n) is 2.82. The summed E-state index contributed by atoms with van der Waals surface area (Å²) in [6, 6.07) is 0. The lowest BCUT2D eigenvalue weighted by molar-refractivity contribution is -0.401. The van der Waals surface area contributed by atoms with Gasteiger partial charge in [-0.3, -0.25) is 0 Å². The molecule has 0 aromatic carbocycles. The highest BCUT2D eigenvalue weighted by Crippen LogP contribution is 2.59. The zero-order chi connectivity index (χ0) is 32.6. The quantitative estimate of drug-likeness (QED) is 0.142. The van der Waals surface area contributed by atoms with Crippen LogP contribution in [0.5, 0.6) is 0 Å². The zero-order valence-electron chi connectivity index (χ0n) is 19.0. The van der Waals surface area contributed by atoms with Crippen LogP contribution in [-0.4, -0.2) is 106 Å². The normalized spacial score (nSPS) is 23.4. The van der Waals surface area contributed by atoms with Crippen molar-refractivity contribution < 1.29 is 107 Å². The third-order valence-electron chi connectivity index (χ3n) is 5.01. The van der Waals surface area contributed by atoms with Crippen LogP contribution in [0.2, 0.25) is 0 Å². The summed E-state index contributed by atoms with van der Waals surface area (Å²) in [5.74, 6) is -41.7. The van der Waals surface area contributed by atoms with Crippen LogP contribution in [-0.2, 0) is 18.9 Å². The van der Waals surface area contributed by atoms with Gasteiger partial charge in [0.1, 0.15) is 26.4 Å². The summed E-state index contributed by atoms with van der Waals surface area (Å²) in [6.45, 7) is -12.9. The molecule has 0 saturated heterocycles. The Hall–Kier alpha value is -1.56. The molecule has 1 aliphatic carbocycles. The van der Waals surface area contributed by atoms with E-state index in [0.29, 0.717) is 0 Å². The van der Waals surface area contributed by atoms with Gasteiger partial charge in [-0.25, -0.2) is 35.1 Å². The van der Waals surface area contributed by atoms with Gasteiger partial charge >= 0.3 is 61.2 Å². The molecule has 0 aromatic rings. The van der Waals surface area contributed by atoms with E-state index in [1.54, 1.807) is 0 Å². The van der Waals surface area contributed by atoms with Gasteiger partial charge in [0, 0.05) is 0 Å².